The fourth-order valence-electron chi connectivity index (χ4n) is 4.68. The van der Waals surface area contributed by atoms with Crippen molar-refractivity contribution >= 4 is 23.6 Å². The van der Waals surface area contributed by atoms with E-state index < -0.39 is 0 Å². The number of benzene rings is 1. The van der Waals surface area contributed by atoms with Gasteiger partial charge in [-0.1, -0.05) is 34.0 Å². The van der Waals surface area contributed by atoms with E-state index in [1.54, 1.807) is 12.4 Å². The molecule has 0 bridgehead atoms. The van der Waals surface area contributed by atoms with Crippen LogP contribution in [0.25, 0.3) is 11.5 Å². The second-order valence-electron chi connectivity index (χ2n) is 8.53. The van der Waals surface area contributed by atoms with E-state index in [1.807, 2.05) is 42.2 Å². The number of nitrogens with zero attached hydrogens (tertiary/aromatic N) is 8. The van der Waals surface area contributed by atoms with E-state index in [0.717, 1.165) is 31.1 Å². The predicted octanol–water partition coefficient (Wildman–Crippen LogP) is 2.81. The molecule has 0 amide bonds. The van der Waals surface area contributed by atoms with E-state index in [1.165, 1.54) is 11.3 Å². The Labute approximate surface area is 195 Å². The molecule has 1 N–H and O–H groups in total. The molecule has 0 radical (unpaired) electrons. The molecule has 33 heavy (non-hydrogen) atoms. The van der Waals surface area contributed by atoms with Crippen molar-refractivity contribution in [2.75, 3.05) is 29.9 Å². The summed E-state index contributed by atoms with van der Waals surface area (Å²) in [6, 6.07) is 8.36. The number of rotatable bonds is 7. The normalized spacial score (nSPS) is 21.3. The van der Waals surface area contributed by atoms with Crippen molar-refractivity contribution in [2.24, 2.45) is 18.9 Å². The summed E-state index contributed by atoms with van der Waals surface area (Å²) in [5.41, 5.74) is 3.10. The Morgan fingerprint density at radius 3 is 2.52 bits per heavy atom. The summed E-state index contributed by atoms with van der Waals surface area (Å²) < 4.78 is 7.79. The maximum atomic E-state index is 5.92. The van der Waals surface area contributed by atoms with Crippen LogP contribution in [0.5, 0.6) is 0 Å². The van der Waals surface area contributed by atoms with Crippen LogP contribution in [0, 0.1) is 11.8 Å². The fraction of sp³-hybridized carbons (Fsp3) is 0.364. The van der Waals surface area contributed by atoms with Crippen molar-refractivity contribution in [3.05, 3.63) is 59.1 Å². The SMILES string of the molecule is Cn1nncc1C1[C@H]2CN(c3nnc(-c4cnc(NCCc5ccc(Cl)cc5)nc4)o3)C[C@@H]12. The number of aromatic nitrogens is 7. The molecular formula is C22H22ClN9O. The van der Waals surface area contributed by atoms with Crippen molar-refractivity contribution in [3.63, 3.8) is 0 Å². The van der Waals surface area contributed by atoms with Crippen LogP contribution < -0.4 is 10.2 Å². The number of hydrogen-bond acceptors (Lipinski definition) is 9. The molecule has 2 aliphatic rings. The smallest absolute Gasteiger partial charge is 0.318 e. The first kappa shape index (κ1) is 20.1. The minimum atomic E-state index is 0.422. The van der Waals surface area contributed by atoms with Crippen LogP contribution >= 0.6 is 11.6 Å². The molecule has 4 aromatic rings. The summed E-state index contributed by atoms with van der Waals surface area (Å²) in [7, 11) is 1.95. The van der Waals surface area contributed by atoms with Gasteiger partial charge in [-0.25, -0.2) is 9.97 Å². The third-order valence-electron chi connectivity index (χ3n) is 6.48. The van der Waals surface area contributed by atoms with Gasteiger partial charge in [0.1, 0.15) is 0 Å². The molecule has 1 saturated carbocycles. The van der Waals surface area contributed by atoms with Crippen molar-refractivity contribution in [2.45, 2.75) is 12.3 Å². The number of fused-ring (bicyclic) bond motifs is 1. The zero-order chi connectivity index (χ0) is 22.4. The quantitative estimate of drug-likeness (QED) is 0.442. The van der Waals surface area contributed by atoms with Crippen LogP contribution in [-0.4, -0.2) is 54.8 Å². The van der Waals surface area contributed by atoms with Crippen molar-refractivity contribution in [1.82, 2.24) is 35.2 Å². The summed E-state index contributed by atoms with van der Waals surface area (Å²) in [4.78, 5) is 10.9. The van der Waals surface area contributed by atoms with Gasteiger partial charge in [0.15, 0.2) is 0 Å². The van der Waals surface area contributed by atoms with Gasteiger partial charge in [0, 0.05) is 50.0 Å². The molecule has 2 fully saturated rings. The average molecular weight is 464 g/mol. The zero-order valence-corrected chi connectivity index (χ0v) is 18.7. The third-order valence-corrected chi connectivity index (χ3v) is 6.73. The van der Waals surface area contributed by atoms with Crippen LogP contribution in [0.1, 0.15) is 17.2 Å². The van der Waals surface area contributed by atoms with E-state index in [0.29, 0.717) is 41.2 Å². The summed E-state index contributed by atoms with van der Waals surface area (Å²) in [5.74, 6) is 2.67. The third kappa shape index (κ3) is 3.91. The number of anilines is 2. The van der Waals surface area contributed by atoms with E-state index in [4.69, 9.17) is 16.0 Å². The first-order valence-electron chi connectivity index (χ1n) is 10.9. The average Bonchev–Trinajstić information content (AvgIpc) is 3.30. The Kier molecular flexibility index (Phi) is 4.94. The molecule has 3 aromatic heterocycles. The summed E-state index contributed by atoms with van der Waals surface area (Å²) in [6.45, 7) is 2.52. The molecule has 1 unspecified atom stereocenters. The Morgan fingerprint density at radius 2 is 1.82 bits per heavy atom. The largest absolute Gasteiger partial charge is 0.403 e. The molecule has 6 rings (SSSR count). The molecular weight excluding hydrogens is 442 g/mol. The molecule has 11 heteroatoms. The number of aryl methyl sites for hydroxylation is 1. The molecule has 0 spiro atoms. The topological polar surface area (TPSA) is 111 Å². The standard InChI is InChI=1S/C22H22ClN9O/c1-31-18(10-27-30-31)19-16-11-32(12-17(16)19)22-29-28-20(33-22)14-8-25-21(26-9-14)24-7-6-13-2-4-15(23)5-3-13/h2-5,8-10,16-17,19H,6-7,11-12H2,1H3,(H,24,25,26)/t16-,17+,19?. The van der Waals surface area contributed by atoms with Crippen LogP contribution in [0.3, 0.4) is 0 Å². The monoisotopic (exact) mass is 463 g/mol. The number of piperidine rings is 1. The summed E-state index contributed by atoms with van der Waals surface area (Å²) in [6.07, 6.45) is 6.11. The van der Waals surface area contributed by atoms with E-state index in [9.17, 15) is 0 Å². The van der Waals surface area contributed by atoms with E-state index >= 15 is 0 Å². The lowest BCUT2D eigenvalue weighted by molar-refractivity contribution is 0.540. The van der Waals surface area contributed by atoms with Gasteiger partial charge in [0.05, 0.1) is 17.5 Å². The van der Waals surface area contributed by atoms with E-state index in [2.05, 4.69) is 40.7 Å². The highest BCUT2D eigenvalue weighted by Crippen LogP contribution is 2.58. The number of nitrogens with one attached hydrogen (secondary N) is 1. The molecule has 1 aromatic carbocycles. The Hall–Kier alpha value is -3.53. The van der Waals surface area contributed by atoms with Gasteiger partial charge in [-0.15, -0.1) is 10.2 Å². The van der Waals surface area contributed by atoms with Gasteiger partial charge in [-0.3, -0.25) is 4.68 Å². The molecule has 10 nitrogen and oxygen atoms in total. The van der Waals surface area contributed by atoms with Gasteiger partial charge in [0.2, 0.25) is 5.95 Å². The lowest BCUT2D eigenvalue weighted by Gasteiger charge is -2.16. The van der Waals surface area contributed by atoms with Gasteiger partial charge in [-0.05, 0) is 36.0 Å². The maximum absolute atomic E-state index is 5.92. The van der Waals surface area contributed by atoms with Gasteiger partial charge in [0.25, 0.3) is 5.89 Å². The second kappa shape index (κ2) is 8.11. The van der Waals surface area contributed by atoms with Gasteiger partial charge in [-0.2, -0.15) is 0 Å². The van der Waals surface area contributed by atoms with Crippen LogP contribution in [0.4, 0.5) is 12.0 Å². The molecule has 3 atom stereocenters. The number of halogens is 1. The minimum Gasteiger partial charge on any atom is -0.403 e. The Bertz CT molecular complexity index is 1240. The van der Waals surface area contributed by atoms with Crippen LogP contribution in [-0.2, 0) is 13.5 Å². The highest BCUT2D eigenvalue weighted by molar-refractivity contribution is 6.30. The lowest BCUT2D eigenvalue weighted by Crippen LogP contribution is -2.24. The summed E-state index contributed by atoms with van der Waals surface area (Å²) >= 11 is 5.92. The van der Waals surface area contributed by atoms with Gasteiger partial charge < -0.3 is 14.6 Å². The maximum Gasteiger partial charge on any atom is 0.318 e. The van der Waals surface area contributed by atoms with Gasteiger partial charge >= 0.3 is 6.01 Å². The van der Waals surface area contributed by atoms with Crippen molar-refractivity contribution < 1.29 is 4.42 Å². The van der Waals surface area contributed by atoms with Crippen LogP contribution in [0.2, 0.25) is 5.02 Å². The lowest BCUT2D eigenvalue weighted by atomic mass is 10.1. The molecule has 168 valence electrons. The van der Waals surface area contributed by atoms with Crippen molar-refractivity contribution in [3.8, 4) is 11.5 Å². The Morgan fingerprint density at radius 1 is 1.06 bits per heavy atom. The molecule has 4 heterocycles. The molecule has 1 saturated heterocycles. The predicted molar refractivity (Wildman–Crippen MR) is 122 cm³/mol. The minimum absolute atomic E-state index is 0.422. The van der Waals surface area contributed by atoms with Crippen molar-refractivity contribution in [1.29, 1.82) is 0 Å². The Balaban J connectivity index is 1.04. The first-order chi connectivity index (χ1) is 16.2. The highest BCUT2D eigenvalue weighted by atomic mass is 35.5. The highest BCUT2D eigenvalue weighted by Gasteiger charge is 2.58. The number of hydrogen-bond donors (Lipinski definition) is 1. The fourth-order valence-corrected chi connectivity index (χ4v) is 4.81. The van der Waals surface area contributed by atoms with Crippen LogP contribution in [0.15, 0.2) is 47.3 Å². The summed E-state index contributed by atoms with van der Waals surface area (Å²) in [5, 5.41) is 20.5. The molecule has 1 aliphatic carbocycles. The van der Waals surface area contributed by atoms with E-state index in [-0.39, 0.29) is 0 Å². The first-order valence-corrected chi connectivity index (χ1v) is 11.3. The molecule has 1 aliphatic heterocycles. The second-order valence-corrected chi connectivity index (χ2v) is 8.97. The zero-order valence-electron chi connectivity index (χ0n) is 18.0.